The van der Waals surface area contributed by atoms with Gasteiger partial charge in [0.15, 0.2) is 28.8 Å². The number of nitrogens with one attached hydrogen (secondary N) is 1. The monoisotopic (exact) mass is 669 g/mol. The average Bonchev–Trinajstić information content (AvgIpc) is 3.05. The van der Waals surface area contributed by atoms with E-state index in [4.69, 9.17) is 32.8 Å². The number of amides is 1. The maximum absolute atomic E-state index is 12.3. The number of ether oxygens (including phenoxy) is 6. The normalized spacial score (nSPS) is 10.7. The number of hydrogen-bond acceptors (Lipinski definition) is 10. The number of rotatable bonds is 18. The second-order valence-electron chi connectivity index (χ2n) is 11.7. The largest absolute Gasteiger partial charge is 0.493 e. The fraction of sp³-hybridized carbons (Fsp3) is 0.486. The Hall–Kier alpha value is -4.35. The molecule has 0 fully saturated rings. The van der Waals surface area contributed by atoms with Gasteiger partial charge in [-0.3, -0.25) is 9.59 Å². The van der Waals surface area contributed by atoms with Gasteiger partial charge in [0.1, 0.15) is 11.4 Å². The van der Waals surface area contributed by atoms with Gasteiger partial charge < -0.3 is 38.2 Å². The van der Waals surface area contributed by atoms with Gasteiger partial charge in [-0.05, 0) is 54.3 Å². The Labute approximate surface area is 283 Å². The third-order valence-corrected chi connectivity index (χ3v) is 6.92. The van der Waals surface area contributed by atoms with Gasteiger partial charge in [0.2, 0.25) is 5.91 Å². The van der Waals surface area contributed by atoms with Gasteiger partial charge >= 0.3 is 5.63 Å². The summed E-state index contributed by atoms with van der Waals surface area (Å²) in [5.74, 6) is 3.05. The summed E-state index contributed by atoms with van der Waals surface area (Å²) < 4.78 is 37.7. The molecule has 0 spiro atoms. The zero-order chi connectivity index (χ0) is 35.6. The fourth-order valence-corrected chi connectivity index (χ4v) is 4.57. The molecule has 0 aliphatic heterocycles. The van der Waals surface area contributed by atoms with Gasteiger partial charge in [0.25, 0.3) is 0 Å². The van der Waals surface area contributed by atoms with E-state index in [0.717, 1.165) is 18.4 Å². The molecule has 2 aromatic carbocycles. The minimum atomic E-state index is -0.604. The molecule has 0 bridgehead atoms. The molecule has 11 heteroatoms. The van der Waals surface area contributed by atoms with Crippen molar-refractivity contribution in [2.75, 3.05) is 60.2 Å². The molecule has 0 saturated heterocycles. The van der Waals surface area contributed by atoms with Crippen LogP contribution in [0.15, 0.2) is 51.7 Å². The molecule has 0 atom stereocenters. The highest BCUT2D eigenvalue weighted by Crippen LogP contribution is 2.36. The summed E-state index contributed by atoms with van der Waals surface area (Å²) in [5, 5.41) is 2.51. The molecule has 0 unspecified atom stereocenters. The first-order valence-electron chi connectivity index (χ1n) is 16.0. The first kappa shape index (κ1) is 39.8. The smallest absolute Gasteiger partial charge is 0.360 e. The van der Waals surface area contributed by atoms with Crippen LogP contribution in [0.4, 0.5) is 5.69 Å². The maximum atomic E-state index is 12.3. The standard InChI is InChI=1S/C21H27NO6.C16H24O4/c1-13(2)16-12-17(22-14(3)23)21(24)28-20(16)15-7-8-18(26-5)19(11-15)27-10-6-9-25-4;1-12(2)10-14(17)13-6-7-15(19-4)16(11-13)20-9-5-8-18-3/h7-8,11-13H,6,9-10H2,1-5H3,(H,22,23);6-7,11-12H,5,8-10H2,1-4H3. The number of hydrogen-bond donors (Lipinski definition) is 1. The van der Waals surface area contributed by atoms with Crippen LogP contribution >= 0.6 is 0 Å². The predicted octanol–water partition coefficient (Wildman–Crippen LogP) is 7.15. The zero-order valence-corrected chi connectivity index (χ0v) is 29.7. The van der Waals surface area contributed by atoms with E-state index in [1.54, 1.807) is 64.8 Å². The molecule has 1 amide bonds. The first-order chi connectivity index (χ1) is 22.9. The Morgan fingerprint density at radius 2 is 1.31 bits per heavy atom. The lowest BCUT2D eigenvalue weighted by Crippen LogP contribution is -2.16. The Morgan fingerprint density at radius 3 is 1.81 bits per heavy atom. The van der Waals surface area contributed by atoms with Crippen LogP contribution in [0.5, 0.6) is 23.0 Å². The lowest BCUT2D eigenvalue weighted by atomic mass is 9.97. The molecular formula is C37H51NO10. The van der Waals surface area contributed by atoms with Crippen molar-refractivity contribution in [2.45, 2.75) is 59.8 Å². The van der Waals surface area contributed by atoms with Crippen LogP contribution in [-0.2, 0) is 14.3 Å². The highest BCUT2D eigenvalue weighted by molar-refractivity contribution is 5.96. The molecule has 11 nitrogen and oxygen atoms in total. The van der Waals surface area contributed by atoms with Crippen LogP contribution in [-0.4, -0.2) is 66.6 Å². The average molecular weight is 670 g/mol. The molecule has 1 heterocycles. The van der Waals surface area contributed by atoms with Gasteiger partial charge in [0, 0.05) is 70.3 Å². The quantitative estimate of drug-likeness (QED) is 0.110. The Balaban J connectivity index is 0.000000353. The molecule has 1 aromatic heterocycles. The van der Waals surface area contributed by atoms with Crippen molar-refractivity contribution in [2.24, 2.45) is 5.92 Å². The van der Waals surface area contributed by atoms with Crippen molar-refractivity contribution in [1.29, 1.82) is 0 Å². The van der Waals surface area contributed by atoms with Crippen LogP contribution in [0.25, 0.3) is 11.3 Å². The number of anilines is 1. The number of carbonyl (C=O) groups excluding carboxylic acids is 2. The van der Waals surface area contributed by atoms with Gasteiger partial charge in [-0.1, -0.05) is 27.7 Å². The van der Waals surface area contributed by atoms with E-state index in [1.165, 1.54) is 6.92 Å². The van der Waals surface area contributed by atoms with Crippen molar-refractivity contribution in [3.63, 3.8) is 0 Å². The predicted molar refractivity (Wildman–Crippen MR) is 186 cm³/mol. The Morgan fingerprint density at radius 1 is 0.750 bits per heavy atom. The lowest BCUT2D eigenvalue weighted by Gasteiger charge is -2.15. The van der Waals surface area contributed by atoms with Crippen molar-refractivity contribution in [3.05, 3.63) is 64.0 Å². The lowest BCUT2D eigenvalue weighted by molar-refractivity contribution is -0.114. The van der Waals surface area contributed by atoms with Crippen molar-refractivity contribution in [1.82, 2.24) is 0 Å². The second kappa shape index (κ2) is 20.8. The molecule has 0 saturated carbocycles. The van der Waals surface area contributed by atoms with E-state index in [1.807, 2.05) is 33.8 Å². The molecule has 264 valence electrons. The van der Waals surface area contributed by atoms with Gasteiger partial charge in [-0.25, -0.2) is 4.79 Å². The van der Waals surface area contributed by atoms with Crippen molar-refractivity contribution in [3.8, 4) is 34.3 Å². The summed E-state index contributed by atoms with van der Waals surface area (Å²) in [5.41, 5.74) is 1.69. The highest BCUT2D eigenvalue weighted by Gasteiger charge is 2.18. The first-order valence-corrected chi connectivity index (χ1v) is 16.0. The van der Waals surface area contributed by atoms with Crippen LogP contribution in [0.1, 0.15) is 75.7 Å². The van der Waals surface area contributed by atoms with E-state index >= 15 is 0 Å². The molecule has 1 N–H and O–H groups in total. The molecule has 0 aliphatic carbocycles. The summed E-state index contributed by atoms with van der Waals surface area (Å²) in [4.78, 5) is 35.7. The topological polar surface area (TPSA) is 132 Å². The van der Waals surface area contributed by atoms with Gasteiger partial charge in [-0.15, -0.1) is 0 Å². The maximum Gasteiger partial charge on any atom is 0.360 e. The third kappa shape index (κ3) is 12.7. The highest BCUT2D eigenvalue weighted by atomic mass is 16.5. The molecule has 0 radical (unpaired) electrons. The van der Waals surface area contributed by atoms with Gasteiger partial charge in [-0.2, -0.15) is 0 Å². The van der Waals surface area contributed by atoms with E-state index in [0.29, 0.717) is 78.7 Å². The van der Waals surface area contributed by atoms with Crippen LogP contribution in [0, 0.1) is 5.92 Å². The van der Waals surface area contributed by atoms with E-state index in [-0.39, 0.29) is 23.3 Å². The summed E-state index contributed by atoms with van der Waals surface area (Å²) in [7, 11) is 6.46. The van der Waals surface area contributed by atoms with E-state index in [2.05, 4.69) is 5.32 Å². The summed E-state index contributed by atoms with van der Waals surface area (Å²) >= 11 is 0. The summed E-state index contributed by atoms with van der Waals surface area (Å²) in [6, 6.07) is 12.3. The number of ketones is 1. The van der Waals surface area contributed by atoms with Gasteiger partial charge in [0.05, 0.1) is 27.4 Å². The van der Waals surface area contributed by atoms with E-state index < -0.39 is 5.63 Å². The number of methoxy groups -OCH3 is 4. The summed E-state index contributed by atoms with van der Waals surface area (Å²) in [6.07, 6.45) is 2.07. The Bertz CT molecular complexity index is 1510. The van der Waals surface area contributed by atoms with Crippen LogP contribution < -0.4 is 29.9 Å². The molecule has 48 heavy (non-hydrogen) atoms. The Kier molecular flexibility index (Phi) is 17.3. The summed E-state index contributed by atoms with van der Waals surface area (Å²) in [6.45, 7) is 11.6. The minimum absolute atomic E-state index is 0.0695. The number of Topliss-reactive ketones (excluding diaryl/α,β-unsaturated/α-hetero) is 1. The zero-order valence-electron chi connectivity index (χ0n) is 29.7. The number of carbonyl (C=O) groups is 2. The minimum Gasteiger partial charge on any atom is -0.493 e. The fourth-order valence-electron chi connectivity index (χ4n) is 4.57. The second-order valence-corrected chi connectivity index (χ2v) is 11.7. The number of benzene rings is 2. The molecule has 3 rings (SSSR count). The molecule has 3 aromatic rings. The van der Waals surface area contributed by atoms with Crippen LogP contribution in [0.3, 0.4) is 0 Å². The molecule has 0 aliphatic rings. The van der Waals surface area contributed by atoms with Crippen molar-refractivity contribution < 1.29 is 42.4 Å². The molecular weight excluding hydrogens is 618 g/mol. The SMILES string of the molecule is COCCCOc1cc(-c2oc(=O)c(NC(C)=O)cc2C(C)C)ccc1OC.COCCCOc1cc(C(=O)CC(C)C)ccc1OC. The van der Waals surface area contributed by atoms with E-state index in [9.17, 15) is 14.4 Å². The third-order valence-electron chi connectivity index (χ3n) is 6.92. The van der Waals surface area contributed by atoms with Crippen molar-refractivity contribution >= 4 is 17.4 Å². The van der Waals surface area contributed by atoms with Crippen LogP contribution in [0.2, 0.25) is 0 Å².